The van der Waals surface area contributed by atoms with E-state index in [-0.39, 0.29) is 6.04 Å². The summed E-state index contributed by atoms with van der Waals surface area (Å²) in [5.41, 5.74) is 0.325. The molecule has 3 nitrogen and oxygen atoms in total. The van der Waals surface area contributed by atoms with Crippen molar-refractivity contribution in [3.8, 4) is 0 Å². The van der Waals surface area contributed by atoms with Gasteiger partial charge in [0.25, 0.3) is 0 Å². The maximum atomic E-state index is 13.9. The number of halogens is 2. The lowest BCUT2D eigenvalue weighted by Gasteiger charge is -2.20. The van der Waals surface area contributed by atoms with Crippen LogP contribution in [0.2, 0.25) is 0 Å². The summed E-state index contributed by atoms with van der Waals surface area (Å²) >= 11 is 0. The average Bonchev–Trinajstić information content (AvgIpc) is 2.99. The van der Waals surface area contributed by atoms with Gasteiger partial charge in [0.05, 0.1) is 25.9 Å². The molecular formula is C16H23F2NO2. The molecule has 2 rings (SSSR count). The summed E-state index contributed by atoms with van der Waals surface area (Å²) in [6.45, 7) is 5.20. The number of benzene rings is 1. The monoisotopic (exact) mass is 299 g/mol. The fraction of sp³-hybridized carbons (Fsp3) is 0.625. The second-order valence-electron chi connectivity index (χ2n) is 5.42. The van der Waals surface area contributed by atoms with Crippen LogP contribution in [0.25, 0.3) is 0 Å². The van der Waals surface area contributed by atoms with Gasteiger partial charge in [0.15, 0.2) is 11.6 Å². The van der Waals surface area contributed by atoms with Gasteiger partial charge in [-0.05, 0) is 25.5 Å². The van der Waals surface area contributed by atoms with Crippen molar-refractivity contribution in [2.75, 3.05) is 33.0 Å². The van der Waals surface area contributed by atoms with Crippen LogP contribution in [0.4, 0.5) is 8.78 Å². The van der Waals surface area contributed by atoms with Crippen LogP contribution in [0, 0.1) is 17.6 Å². The molecule has 118 valence electrons. The van der Waals surface area contributed by atoms with Crippen LogP contribution in [0.1, 0.15) is 31.4 Å². The van der Waals surface area contributed by atoms with E-state index in [1.807, 2.05) is 6.92 Å². The Hall–Kier alpha value is -1.04. The first kappa shape index (κ1) is 16.3. The van der Waals surface area contributed by atoms with E-state index in [9.17, 15) is 8.78 Å². The van der Waals surface area contributed by atoms with Gasteiger partial charge in [-0.25, -0.2) is 8.78 Å². The first-order valence-corrected chi connectivity index (χ1v) is 7.55. The second-order valence-corrected chi connectivity index (χ2v) is 5.42. The van der Waals surface area contributed by atoms with Crippen molar-refractivity contribution < 1.29 is 18.3 Å². The molecule has 2 unspecified atom stereocenters. The van der Waals surface area contributed by atoms with Gasteiger partial charge in [-0.15, -0.1) is 0 Å². The molecule has 0 aromatic heterocycles. The third-order valence-electron chi connectivity index (χ3n) is 3.66. The first-order valence-electron chi connectivity index (χ1n) is 7.55. The zero-order valence-corrected chi connectivity index (χ0v) is 12.4. The van der Waals surface area contributed by atoms with Crippen LogP contribution in [0.15, 0.2) is 18.2 Å². The lowest BCUT2D eigenvalue weighted by molar-refractivity contribution is 0.0736. The quantitative estimate of drug-likeness (QED) is 0.800. The van der Waals surface area contributed by atoms with Crippen molar-refractivity contribution in [3.63, 3.8) is 0 Å². The molecule has 1 aromatic rings. The van der Waals surface area contributed by atoms with Gasteiger partial charge in [0.1, 0.15) is 0 Å². The van der Waals surface area contributed by atoms with E-state index in [1.54, 1.807) is 6.07 Å². The van der Waals surface area contributed by atoms with E-state index in [0.717, 1.165) is 38.7 Å². The van der Waals surface area contributed by atoms with Gasteiger partial charge in [0, 0.05) is 18.1 Å². The topological polar surface area (TPSA) is 30.5 Å². The van der Waals surface area contributed by atoms with Crippen molar-refractivity contribution in [3.05, 3.63) is 35.4 Å². The lowest BCUT2D eigenvalue weighted by atomic mass is 10.1. The summed E-state index contributed by atoms with van der Waals surface area (Å²) < 4.78 is 38.3. The average molecular weight is 299 g/mol. The van der Waals surface area contributed by atoms with E-state index < -0.39 is 11.6 Å². The van der Waals surface area contributed by atoms with E-state index in [4.69, 9.17) is 9.47 Å². The van der Waals surface area contributed by atoms with Gasteiger partial charge in [-0.3, -0.25) is 0 Å². The largest absolute Gasteiger partial charge is 0.381 e. The number of hydrogen-bond acceptors (Lipinski definition) is 3. The summed E-state index contributed by atoms with van der Waals surface area (Å²) in [5.74, 6) is -1.20. The molecule has 0 bridgehead atoms. The highest BCUT2D eigenvalue weighted by atomic mass is 19.2. The predicted octanol–water partition coefficient (Wildman–Crippen LogP) is 3.06. The Kier molecular flexibility index (Phi) is 6.54. The van der Waals surface area contributed by atoms with E-state index in [2.05, 4.69) is 5.32 Å². The van der Waals surface area contributed by atoms with Crippen LogP contribution >= 0.6 is 0 Å². The molecule has 21 heavy (non-hydrogen) atoms. The normalized spacial score (nSPS) is 19.9. The molecule has 1 N–H and O–H groups in total. The molecule has 0 amide bonds. The van der Waals surface area contributed by atoms with Crippen molar-refractivity contribution in [1.82, 2.24) is 5.32 Å². The highest BCUT2D eigenvalue weighted by Crippen LogP contribution is 2.21. The molecule has 1 fully saturated rings. The Morgan fingerprint density at radius 2 is 2.29 bits per heavy atom. The summed E-state index contributed by atoms with van der Waals surface area (Å²) in [7, 11) is 0. The molecule has 5 heteroatoms. The molecule has 0 aliphatic carbocycles. The Balaban J connectivity index is 1.94. The Labute approximate surface area is 124 Å². The summed E-state index contributed by atoms with van der Waals surface area (Å²) in [6, 6.07) is 3.93. The van der Waals surface area contributed by atoms with Crippen molar-refractivity contribution in [2.24, 2.45) is 5.92 Å². The van der Waals surface area contributed by atoms with Crippen molar-refractivity contribution in [1.29, 1.82) is 0 Å². The molecule has 1 aliphatic heterocycles. The molecule has 1 aromatic carbocycles. The number of rotatable bonds is 8. The van der Waals surface area contributed by atoms with Crippen LogP contribution in [-0.2, 0) is 9.47 Å². The zero-order valence-electron chi connectivity index (χ0n) is 12.4. The molecule has 0 saturated carbocycles. The minimum absolute atomic E-state index is 0.325. The number of ether oxygens (including phenoxy) is 2. The van der Waals surface area contributed by atoms with Crippen LogP contribution in [0.5, 0.6) is 0 Å². The Morgan fingerprint density at radius 1 is 1.43 bits per heavy atom. The molecule has 2 atom stereocenters. The fourth-order valence-electron chi connectivity index (χ4n) is 2.43. The molecule has 0 radical (unpaired) electrons. The minimum atomic E-state index is -0.819. The first-order chi connectivity index (χ1) is 10.2. The fourth-order valence-corrected chi connectivity index (χ4v) is 2.43. The van der Waals surface area contributed by atoms with Crippen molar-refractivity contribution in [2.45, 2.75) is 25.8 Å². The lowest BCUT2D eigenvalue weighted by Crippen LogP contribution is -2.28. The van der Waals surface area contributed by atoms with Gasteiger partial charge in [-0.2, -0.15) is 0 Å². The number of nitrogens with one attached hydrogen (secondary N) is 1. The zero-order chi connectivity index (χ0) is 15.1. The highest BCUT2D eigenvalue weighted by molar-refractivity contribution is 5.22. The second kappa shape index (κ2) is 8.41. The van der Waals surface area contributed by atoms with E-state index in [0.29, 0.717) is 24.7 Å². The van der Waals surface area contributed by atoms with Crippen LogP contribution in [0.3, 0.4) is 0 Å². The smallest absolute Gasteiger partial charge is 0.163 e. The van der Waals surface area contributed by atoms with E-state index >= 15 is 0 Å². The van der Waals surface area contributed by atoms with Gasteiger partial charge in [0.2, 0.25) is 0 Å². The highest BCUT2D eigenvalue weighted by Gasteiger charge is 2.20. The van der Waals surface area contributed by atoms with Gasteiger partial charge in [-0.1, -0.05) is 19.1 Å². The Bertz CT molecular complexity index is 436. The van der Waals surface area contributed by atoms with Crippen molar-refractivity contribution >= 4 is 0 Å². The molecule has 0 spiro atoms. The van der Waals surface area contributed by atoms with Gasteiger partial charge >= 0.3 is 0 Å². The summed E-state index contributed by atoms with van der Waals surface area (Å²) in [4.78, 5) is 0. The summed E-state index contributed by atoms with van der Waals surface area (Å²) in [5, 5.41) is 3.22. The van der Waals surface area contributed by atoms with Crippen LogP contribution < -0.4 is 5.32 Å². The standard InChI is InChI=1S/C16H23F2NO2/c1-2-7-19-15(11-21-10-12-6-8-20-9-12)13-4-3-5-14(17)16(13)18/h3-5,12,15,19H,2,6-11H2,1H3. The van der Waals surface area contributed by atoms with E-state index in [1.165, 1.54) is 6.07 Å². The SMILES string of the molecule is CCCNC(COCC1CCOC1)c1cccc(F)c1F. The third-order valence-corrected chi connectivity index (χ3v) is 3.66. The minimum Gasteiger partial charge on any atom is -0.381 e. The molecule has 1 heterocycles. The molecular weight excluding hydrogens is 276 g/mol. The maximum absolute atomic E-state index is 13.9. The predicted molar refractivity (Wildman–Crippen MR) is 77.1 cm³/mol. The maximum Gasteiger partial charge on any atom is 0.163 e. The molecule has 1 aliphatic rings. The van der Waals surface area contributed by atoms with Crippen LogP contribution in [-0.4, -0.2) is 33.0 Å². The van der Waals surface area contributed by atoms with Gasteiger partial charge < -0.3 is 14.8 Å². The summed E-state index contributed by atoms with van der Waals surface area (Å²) in [6.07, 6.45) is 1.92. The Morgan fingerprint density at radius 3 is 3.00 bits per heavy atom. The third kappa shape index (κ3) is 4.73. The molecule has 1 saturated heterocycles. The number of hydrogen-bond donors (Lipinski definition) is 1.